The summed E-state index contributed by atoms with van der Waals surface area (Å²) in [5, 5.41) is 6.54. The van der Waals surface area contributed by atoms with E-state index < -0.39 is 9.84 Å². The molecule has 0 unspecified atom stereocenters. The Bertz CT molecular complexity index is 593. The summed E-state index contributed by atoms with van der Waals surface area (Å²) >= 11 is 0. The molecule has 23 heavy (non-hydrogen) atoms. The van der Waals surface area contributed by atoms with Gasteiger partial charge in [-0.25, -0.2) is 8.42 Å². The number of nitrogens with one attached hydrogen (secondary N) is 2. The normalized spacial score (nSPS) is 12.5. The second kappa shape index (κ2) is 9.55. The Morgan fingerprint density at radius 3 is 2.35 bits per heavy atom. The van der Waals surface area contributed by atoms with Gasteiger partial charge in [0.1, 0.15) is 0 Å². The minimum Gasteiger partial charge on any atom is -0.357 e. The van der Waals surface area contributed by atoms with Gasteiger partial charge in [-0.3, -0.25) is 4.99 Å². The summed E-state index contributed by atoms with van der Waals surface area (Å²) in [7, 11) is -3.12. The number of sulfone groups is 1. The smallest absolute Gasteiger partial charge is 0.191 e. The quantitative estimate of drug-likeness (QED) is 0.563. The highest BCUT2D eigenvalue weighted by Gasteiger charge is 2.06. The average molecular weight is 340 g/mol. The van der Waals surface area contributed by atoms with Crippen molar-refractivity contribution < 1.29 is 8.42 Å². The lowest BCUT2D eigenvalue weighted by molar-refractivity contribution is 0.594. The second-order valence-corrected chi connectivity index (χ2v) is 8.05. The lowest BCUT2D eigenvalue weighted by Gasteiger charge is -2.12. The van der Waals surface area contributed by atoms with Crippen LogP contribution in [0.15, 0.2) is 34.2 Å². The largest absolute Gasteiger partial charge is 0.357 e. The van der Waals surface area contributed by atoms with E-state index in [0.29, 0.717) is 10.8 Å². The predicted molar refractivity (Wildman–Crippen MR) is 96.7 cm³/mol. The van der Waals surface area contributed by atoms with Crippen molar-refractivity contribution in [3.8, 4) is 0 Å². The molecule has 1 aromatic carbocycles. The number of nitrogens with zero attached hydrogens (tertiary/aromatic N) is 1. The molecule has 0 bridgehead atoms. The van der Waals surface area contributed by atoms with Crippen LogP contribution >= 0.6 is 0 Å². The highest BCUT2D eigenvalue weighted by molar-refractivity contribution is 7.90. The van der Waals surface area contributed by atoms with E-state index in [4.69, 9.17) is 0 Å². The van der Waals surface area contributed by atoms with E-state index in [1.165, 1.54) is 6.26 Å². The number of rotatable bonds is 8. The van der Waals surface area contributed by atoms with Crippen molar-refractivity contribution in [2.75, 3.05) is 25.9 Å². The van der Waals surface area contributed by atoms with Crippen LogP contribution in [-0.2, 0) is 16.3 Å². The van der Waals surface area contributed by atoms with Crippen LogP contribution in [0.25, 0.3) is 0 Å². The third-order valence-corrected chi connectivity index (χ3v) is 4.51. The van der Waals surface area contributed by atoms with Crippen LogP contribution in [0.4, 0.5) is 0 Å². The van der Waals surface area contributed by atoms with Crippen molar-refractivity contribution in [1.29, 1.82) is 0 Å². The Labute approximate surface area is 140 Å². The Kier molecular flexibility index (Phi) is 8.09. The lowest BCUT2D eigenvalue weighted by Crippen LogP contribution is -2.38. The van der Waals surface area contributed by atoms with Crippen molar-refractivity contribution >= 4 is 15.8 Å². The molecule has 0 saturated carbocycles. The monoisotopic (exact) mass is 339 g/mol. The van der Waals surface area contributed by atoms with Gasteiger partial charge < -0.3 is 10.6 Å². The third-order valence-electron chi connectivity index (χ3n) is 3.38. The van der Waals surface area contributed by atoms with Crippen molar-refractivity contribution in [3.63, 3.8) is 0 Å². The van der Waals surface area contributed by atoms with E-state index in [9.17, 15) is 8.42 Å². The zero-order chi connectivity index (χ0) is 17.3. The summed E-state index contributed by atoms with van der Waals surface area (Å²) in [6, 6.07) is 7.04. The van der Waals surface area contributed by atoms with Crippen LogP contribution in [0.1, 0.15) is 32.8 Å². The van der Waals surface area contributed by atoms with Gasteiger partial charge in [0.05, 0.1) is 4.90 Å². The molecule has 0 saturated heterocycles. The Hall–Kier alpha value is -1.56. The molecule has 0 fully saturated rings. The first-order valence-electron chi connectivity index (χ1n) is 8.14. The van der Waals surface area contributed by atoms with Gasteiger partial charge in [0.15, 0.2) is 15.8 Å². The maximum absolute atomic E-state index is 11.4. The molecule has 0 heterocycles. The zero-order valence-corrected chi connectivity index (χ0v) is 15.4. The minimum atomic E-state index is -3.12. The zero-order valence-electron chi connectivity index (χ0n) is 14.6. The first kappa shape index (κ1) is 19.5. The van der Waals surface area contributed by atoms with Crippen molar-refractivity contribution in [2.45, 2.75) is 38.5 Å². The van der Waals surface area contributed by atoms with Gasteiger partial charge in [0, 0.05) is 25.9 Å². The highest BCUT2D eigenvalue weighted by Crippen LogP contribution is 2.10. The van der Waals surface area contributed by atoms with Crippen LogP contribution in [0, 0.1) is 5.92 Å². The number of hydrogen-bond donors (Lipinski definition) is 2. The van der Waals surface area contributed by atoms with Gasteiger partial charge in [-0.2, -0.15) is 0 Å². The van der Waals surface area contributed by atoms with E-state index in [1.54, 1.807) is 12.1 Å². The molecule has 0 aromatic heterocycles. The Morgan fingerprint density at radius 1 is 1.17 bits per heavy atom. The first-order valence-corrected chi connectivity index (χ1v) is 10.0. The molecule has 2 N–H and O–H groups in total. The van der Waals surface area contributed by atoms with E-state index in [-0.39, 0.29) is 0 Å². The standard InChI is InChI=1S/C17H29N3O2S/c1-5-18-17(19-12-10-14(2)3)20-13-11-15-6-8-16(9-7-15)23(4,21)22/h6-9,14H,5,10-13H2,1-4H3,(H2,18,19,20). The number of benzene rings is 1. The summed E-state index contributed by atoms with van der Waals surface area (Å²) in [6.45, 7) is 8.83. The van der Waals surface area contributed by atoms with Crippen LogP contribution in [0.2, 0.25) is 0 Å². The molecule has 0 spiro atoms. The number of hydrogen-bond acceptors (Lipinski definition) is 3. The topological polar surface area (TPSA) is 70.6 Å². The fourth-order valence-electron chi connectivity index (χ4n) is 2.00. The summed E-state index contributed by atoms with van der Waals surface area (Å²) in [5.41, 5.74) is 1.10. The van der Waals surface area contributed by atoms with Gasteiger partial charge >= 0.3 is 0 Å². The highest BCUT2D eigenvalue weighted by atomic mass is 32.2. The molecule has 0 amide bonds. The molecule has 1 rings (SSSR count). The summed E-state index contributed by atoms with van der Waals surface area (Å²) in [5.74, 6) is 1.48. The van der Waals surface area contributed by atoms with Crippen LogP contribution in [0.5, 0.6) is 0 Å². The van der Waals surface area contributed by atoms with E-state index in [0.717, 1.165) is 44.0 Å². The maximum Gasteiger partial charge on any atom is 0.191 e. The number of guanidine groups is 1. The fourth-order valence-corrected chi connectivity index (χ4v) is 2.64. The SMILES string of the molecule is CCNC(=NCCC(C)C)NCCc1ccc(S(C)(=O)=O)cc1. The fraction of sp³-hybridized carbons (Fsp3) is 0.588. The van der Waals surface area contributed by atoms with E-state index >= 15 is 0 Å². The molecule has 5 nitrogen and oxygen atoms in total. The Balaban J connectivity index is 2.49. The van der Waals surface area contributed by atoms with Gasteiger partial charge in [0.25, 0.3) is 0 Å². The maximum atomic E-state index is 11.4. The van der Waals surface area contributed by atoms with E-state index in [1.807, 2.05) is 19.1 Å². The minimum absolute atomic E-state index is 0.359. The van der Waals surface area contributed by atoms with Crippen LogP contribution < -0.4 is 10.6 Å². The van der Waals surface area contributed by atoms with Gasteiger partial charge in [-0.15, -0.1) is 0 Å². The van der Waals surface area contributed by atoms with Gasteiger partial charge in [-0.1, -0.05) is 26.0 Å². The van der Waals surface area contributed by atoms with Crippen LogP contribution in [-0.4, -0.2) is 40.3 Å². The molecule has 0 aliphatic heterocycles. The second-order valence-electron chi connectivity index (χ2n) is 6.04. The molecule has 0 atom stereocenters. The summed E-state index contributed by atoms with van der Waals surface area (Å²) in [6.07, 6.45) is 3.11. The first-order chi connectivity index (χ1) is 10.8. The van der Waals surface area contributed by atoms with Crippen molar-refractivity contribution in [2.24, 2.45) is 10.9 Å². The van der Waals surface area contributed by atoms with Gasteiger partial charge in [-0.05, 0) is 43.4 Å². The predicted octanol–water partition coefficient (Wildman–Crippen LogP) is 2.23. The molecule has 1 aromatic rings. The average Bonchev–Trinajstić information content (AvgIpc) is 2.46. The lowest BCUT2D eigenvalue weighted by atomic mass is 10.1. The van der Waals surface area contributed by atoms with Crippen molar-refractivity contribution in [3.05, 3.63) is 29.8 Å². The van der Waals surface area contributed by atoms with Crippen molar-refractivity contribution in [1.82, 2.24) is 10.6 Å². The van der Waals surface area contributed by atoms with Crippen LogP contribution in [0.3, 0.4) is 0 Å². The molecule has 130 valence electrons. The molecule has 0 radical (unpaired) electrons. The molecule has 0 aliphatic rings. The summed E-state index contributed by atoms with van der Waals surface area (Å²) in [4.78, 5) is 4.91. The molecular formula is C17H29N3O2S. The Morgan fingerprint density at radius 2 is 1.83 bits per heavy atom. The van der Waals surface area contributed by atoms with E-state index in [2.05, 4.69) is 29.5 Å². The third kappa shape index (κ3) is 8.02. The molecular weight excluding hydrogens is 310 g/mol. The van der Waals surface area contributed by atoms with Gasteiger partial charge in [0.2, 0.25) is 0 Å². The summed E-state index contributed by atoms with van der Waals surface area (Å²) < 4.78 is 22.9. The molecule has 0 aliphatic carbocycles. The number of aliphatic imine (C=N–C) groups is 1. The molecule has 6 heteroatoms.